The van der Waals surface area contributed by atoms with Gasteiger partial charge in [-0.05, 0) is 42.5 Å². The first-order valence-electron chi connectivity index (χ1n) is 10.6. The van der Waals surface area contributed by atoms with E-state index in [4.69, 9.17) is 16.3 Å². The Morgan fingerprint density at radius 2 is 1.79 bits per heavy atom. The smallest absolute Gasteiger partial charge is 0.291 e. The summed E-state index contributed by atoms with van der Waals surface area (Å²) in [5.74, 6) is -2.77. The van der Waals surface area contributed by atoms with Crippen LogP contribution in [0.25, 0.3) is 16.9 Å². The molecule has 174 valence electrons. The summed E-state index contributed by atoms with van der Waals surface area (Å²) >= 11 is 6.33. The molecule has 1 aromatic heterocycles. The highest BCUT2D eigenvalue weighted by Crippen LogP contribution is 2.35. The molecule has 1 N–H and O–H groups in total. The molecule has 4 aromatic rings. The zero-order valence-corrected chi connectivity index (χ0v) is 19.3. The Balaban J connectivity index is 1.68. The first-order chi connectivity index (χ1) is 16.3. The number of hydrogen-bond donors (Lipinski definition) is 1. The lowest BCUT2D eigenvalue weighted by molar-refractivity contribution is -0.0131. The maximum Gasteiger partial charge on any atom is 0.291 e. The highest BCUT2D eigenvalue weighted by Gasteiger charge is 2.33. The Bertz CT molecular complexity index is 1320. The van der Waals surface area contributed by atoms with E-state index in [1.54, 1.807) is 79.9 Å². The molecule has 0 radical (unpaired) electrons. The molecule has 0 unspecified atom stereocenters. The molecule has 0 spiro atoms. The van der Waals surface area contributed by atoms with Crippen molar-refractivity contribution in [1.82, 2.24) is 9.78 Å². The fourth-order valence-electron chi connectivity index (χ4n) is 3.45. The Morgan fingerprint density at radius 3 is 2.47 bits per heavy atom. The van der Waals surface area contributed by atoms with E-state index in [0.29, 0.717) is 39.0 Å². The normalized spacial score (nSPS) is 11.3. The van der Waals surface area contributed by atoms with Crippen molar-refractivity contribution in [3.05, 3.63) is 95.1 Å². The van der Waals surface area contributed by atoms with Gasteiger partial charge in [-0.25, -0.2) is 4.68 Å². The van der Waals surface area contributed by atoms with Crippen LogP contribution in [0.1, 0.15) is 29.4 Å². The molecule has 4 rings (SSSR count). The van der Waals surface area contributed by atoms with Crippen LogP contribution in [0.2, 0.25) is 5.02 Å². The topological polar surface area (TPSA) is 56.1 Å². The van der Waals surface area contributed by atoms with Crippen LogP contribution in [0.3, 0.4) is 0 Å². The zero-order chi connectivity index (χ0) is 24.3. The van der Waals surface area contributed by atoms with Crippen molar-refractivity contribution in [3.8, 4) is 22.7 Å². The van der Waals surface area contributed by atoms with Gasteiger partial charge in [0, 0.05) is 29.3 Å². The van der Waals surface area contributed by atoms with Crippen molar-refractivity contribution >= 4 is 23.2 Å². The molecule has 0 saturated carbocycles. The number of hydrogen-bond acceptors (Lipinski definition) is 3. The minimum absolute atomic E-state index is 0.308. The number of aromatic nitrogens is 2. The van der Waals surface area contributed by atoms with Gasteiger partial charge in [0.1, 0.15) is 11.4 Å². The first-order valence-corrected chi connectivity index (χ1v) is 11.0. The predicted molar refractivity (Wildman–Crippen MR) is 129 cm³/mol. The average Bonchev–Trinajstić information content (AvgIpc) is 3.30. The molecule has 3 aromatic carbocycles. The van der Waals surface area contributed by atoms with Gasteiger partial charge in [-0.3, -0.25) is 4.79 Å². The number of ether oxygens (including phenoxy) is 1. The molecule has 1 amide bonds. The molecule has 1 heterocycles. The summed E-state index contributed by atoms with van der Waals surface area (Å²) in [6.07, 6.45) is -0.380. The number of rotatable bonds is 7. The lowest BCUT2D eigenvalue weighted by atomic mass is 10.1. The van der Waals surface area contributed by atoms with Gasteiger partial charge in [-0.2, -0.15) is 13.9 Å². The van der Waals surface area contributed by atoms with Crippen molar-refractivity contribution in [3.63, 3.8) is 0 Å². The number of methoxy groups -OCH3 is 1. The van der Waals surface area contributed by atoms with Gasteiger partial charge in [0.25, 0.3) is 11.8 Å². The minimum Gasteiger partial charge on any atom is -0.497 e. The van der Waals surface area contributed by atoms with Gasteiger partial charge in [-0.15, -0.1) is 0 Å². The SMILES string of the molecule is CCC(F)(F)c1cc(-c2ccc(C(=O)Nc3cccc(OC)c3)cc2)n(-c2ccccc2Cl)n1. The van der Waals surface area contributed by atoms with E-state index in [-0.39, 0.29) is 18.0 Å². The molecule has 0 aliphatic carbocycles. The van der Waals surface area contributed by atoms with Gasteiger partial charge in [0.15, 0.2) is 0 Å². The quantitative estimate of drug-likeness (QED) is 0.310. The number of halogens is 3. The number of carbonyl (C=O) groups excluding carboxylic acids is 1. The number of benzene rings is 3. The van der Waals surface area contributed by atoms with Crippen molar-refractivity contribution in [2.75, 3.05) is 12.4 Å². The fraction of sp³-hybridized carbons (Fsp3) is 0.154. The predicted octanol–water partition coefficient (Wildman–Crippen LogP) is 6.96. The molecule has 0 saturated heterocycles. The average molecular weight is 482 g/mol. The van der Waals surface area contributed by atoms with E-state index in [2.05, 4.69) is 10.4 Å². The van der Waals surface area contributed by atoms with Gasteiger partial charge < -0.3 is 10.1 Å². The molecule has 0 aliphatic rings. The number of alkyl halides is 2. The molecule has 0 fully saturated rings. The highest BCUT2D eigenvalue weighted by molar-refractivity contribution is 6.32. The molecule has 34 heavy (non-hydrogen) atoms. The van der Waals surface area contributed by atoms with Crippen molar-refractivity contribution in [2.24, 2.45) is 0 Å². The van der Waals surface area contributed by atoms with E-state index in [9.17, 15) is 13.6 Å². The van der Waals surface area contributed by atoms with E-state index >= 15 is 0 Å². The number of amides is 1. The van der Waals surface area contributed by atoms with Gasteiger partial charge in [0.05, 0.1) is 23.5 Å². The van der Waals surface area contributed by atoms with Crippen LogP contribution in [0.15, 0.2) is 78.9 Å². The largest absolute Gasteiger partial charge is 0.497 e. The van der Waals surface area contributed by atoms with Crippen LogP contribution < -0.4 is 10.1 Å². The second-order valence-corrected chi connectivity index (χ2v) is 8.01. The van der Waals surface area contributed by atoms with Crippen LogP contribution in [0, 0.1) is 0 Å². The van der Waals surface area contributed by atoms with Crippen molar-refractivity contribution < 1.29 is 18.3 Å². The van der Waals surface area contributed by atoms with Gasteiger partial charge >= 0.3 is 0 Å². The summed E-state index contributed by atoms with van der Waals surface area (Å²) < 4.78 is 35.5. The standard InChI is InChI=1S/C26H22ClF2N3O2/c1-3-26(28,29)24-16-23(32(31-24)22-10-5-4-9-21(22)27)17-11-13-18(14-12-17)25(33)30-19-7-6-8-20(15-19)34-2/h4-16H,3H2,1-2H3,(H,30,33). The second-order valence-electron chi connectivity index (χ2n) is 7.60. The van der Waals surface area contributed by atoms with Crippen LogP contribution in [-0.2, 0) is 5.92 Å². The summed E-state index contributed by atoms with van der Waals surface area (Å²) in [4.78, 5) is 12.7. The molecular formula is C26H22ClF2N3O2. The van der Waals surface area contributed by atoms with E-state index in [0.717, 1.165) is 0 Å². The summed E-state index contributed by atoms with van der Waals surface area (Å²) in [6, 6.07) is 21.9. The summed E-state index contributed by atoms with van der Waals surface area (Å²) in [7, 11) is 1.55. The number of para-hydroxylation sites is 1. The number of carbonyl (C=O) groups is 1. The summed E-state index contributed by atoms with van der Waals surface area (Å²) in [5.41, 5.74) is 2.20. The molecule has 8 heteroatoms. The fourth-order valence-corrected chi connectivity index (χ4v) is 3.67. The van der Waals surface area contributed by atoms with E-state index < -0.39 is 5.92 Å². The third-order valence-electron chi connectivity index (χ3n) is 5.38. The van der Waals surface area contributed by atoms with E-state index in [1.165, 1.54) is 17.7 Å². The Morgan fingerprint density at radius 1 is 1.06 bits per heavy atom. The molecule has 5 nitrogen and oxygen atoms in total. The van der Waals surface area contributed by atoms with Gasteiger partial charge in [-0.1, -0.05) is 48.9 Å². The molecule has 0 bridgehead atoms. The summed E-state index contributed by atoms with van der Waals surface area (Å²) in [6.45, 7) is 1.41. The zero-order valence-electron chi connectivity index (χ0n) is 18.6. The highest BCUT2D eigenvalue weighted by atomic mass is 35.5. The number of nitrogens with zero attached hydrogens (tertiary/aromatic N) is 2. The molecule has 0 atom stereocenters. The lowest BCUT2D eigenvalue weighted by Crippen LogP contribution is -2.13. The molecule has 0 aliphatic heterocycles. The van der Waals surface area contributed by atoms with Crippen LogP contribution in [0.4, 0.5) is 14.5 Å². The first kappa shape index (κ1) is 23.4. The van der Waals surface area contributed by atoms with Crippen molar-refractivity contribution in [1.29, 1.82) is 0 Å². The molecular weight excluding hydrogens is 460 g/mol. The Labute approximate surface area is 200 Å². The van der Waals surface area contributed by atoms with Crippen molar-refractivity contribution in [2.45, 2.75) is 19.3 Å². The third kappa shape index (κ3) is 4.79. The maximum atomic E-state index is 14.5. The Kier molecular flexibility index (Phi) is 6.65. The maximum absolute atomic E-state index is 14.5. The van der Waals surface area contributed by atoms with Crippen LogP contribution in [0.5, 0.6) is 5.75 Å². The van der Waals surface area contributed by atoms with E-state index in [1.807, 2.05) is 0 Å². The van der Waals surface area contributed by atoms with Crippen LogP contribution >= 0.6 is 11.6 Å². The Hall–Kier alpha value is -3.71. The lowest BCUT2D eigenvalue weighted by Gasteiger charge is -2.11. The minimum atomic E-state index is -3.09. The second kappa shape index (κ2) is 9.65. The summed E-state index contributed by atoms with van der Waals surface area (Å²) in [5, 5.41) is 7.38. The van der Waals surface area contributed by atoms with Gasteiger partial charge in [0.2, 0.25) is 0 Å². The monoisotopic (exact) mass is 481 g/mol. The van der Waals surface area contributed by atoms with Crippen LogP contribution in [-0.4, -0.2) is 22.8 Å². The number of anilines is 1. The number of nitrogens with one attached hydrogen (secondary N) is 1. The third-order valence-corrected chi connectivity index (χ3v) is 5.70.